The molecule has 0 amide bonds. The Morgan fingerprint density at radius 1 is 1.57 bits per heavy atom. The van der Waals surface area contributed by atoms with E-state index in [1.165, 1.54) is 12.8 Å². The molecule has 0 spiro atoms. The summed E-state index contributed by atoms with van der Waals surface area (Å²) in [6.07, 6.45) is 2.14. The highest BCUT2D eigenvalue weighted by molar-refractivity contribution is 4.78. The van der Waals surface area contributed by atoms with E-state index in [4.69, 9.17) is 5.11 Å². The second-order valence-electron chi connectivity index (χ2n) is 4.13. The number of aliphatic hydroxyl groups excluding tert-OH is 2. The van der Waals surface area contributed by atoms with Crippen LogP contribution in [0.5, 0.6) is 0 Å². The second kappa shape index (κ2) is 6.35. The third-order valence-electron chi connectivity index (χ3n) is 2.58. The molecular formula is C10H22N2O2. The molecule has 3 N–H and O–H groups in total. The summed E-state index contributed by atoms with van der Waals surface area (Å²) in [7, 11) is 0. The number of rotatable bonds is 6. The maximum atomic E-state index is 9.28. The van der Waals surface area contributed by atoms with E-state index >= 15 is 0 Å². The maximum absolute atomic E-state index is 9.28. The van der Waals surface area contributed by atoms with Crippen molar-refractivity contribution in [3.05, 3.63) is 0 Å². The molecule has 2 atom stereocenters. The number of aliphatic hydroxyl groups is 2. The average Bonchev–Trinajstić information content (AvgIpc) is 2.56. The summed E-state index contributed by atoms with van der Waals surface area (Å²) in [6.45, 7) is 5.30. The monoisotopic (exact) mass is 202 g/mol. The zero-order chi connectivity index (χ0) is 10.4. The quantitative estimate of drug-likeness (QED) is 0.539. The molecule has 0 aromatic heterocycles. The lowest BCUT2D eigenvalue weighted by atomic mass is 10.2. The third-order valence-corrected chi connectivity index (χ3v) is 2.58. The Kier molecular flexibility index (Phi) is 5.40. The molecule has 1 saturated heterocycles. The predicted octanol–water partition coefficient (Wildman–Crippen LogP) is -0.586. The molecule has 0 saturated carbocycles. The second-order valence-corrected chi connectivity index (χ2v) is 4.13. The van der Waals surface area contributed by atoms with Crippen molar-refractivity contribution in [3.8, 4) is 0 Å². The van der Waals surface area contributed by atoms with Crippen LogP contribution in [0.15, 0.2) is 0 Å². The van der Waals surface area contributed by atoms with Gasteiger partial charge in [-0.1, -0.05) is 0 Å². The highest BCUT2D eigenvalue weighted by atomic mass is 16.3. The van der Waals surface area contributed by atoms with Gasteiger partial charge in [-0.15, -0.1) is 0 Å². The van der Waals surface area contributed by atoms with Gasteiger partial charge in [-0.3, -0.25) is 4.90 Å². The fourth-order valence-corrected chi connectivity index (χ4v) is 2.00. The topological polar surface area (TPSA) is 55.7 Å². The summed E-state index contributed by atoms with van der Waals surface area (Å²) >= 11 is 0. The standard InChI is InChI=1S/C10H22N2O2/c1-9(14)7-12(5-6-13)8-10-3-2-4-11-10/h9-11,13-14H,2-8H2,1H3/t9-,10?/m0/s1. The van der Waals surface area contributed by atoms with Gasteiger partial charge >= 0.3 is 0 Å². The van der Waals surface area contributed by atoms with Crippen LogP contribution in [0.25, 0.3) is 0 Å². The molecule has 84 valence electrons. The Morgan fingerprint density at radius 3 is 2.86 bits per heavy atom. The molecule has 1 aliphatic heterocycles. The minimum absolute atomic E-state index is 0.166. The first-order chi connectivity index (χ1) is 6.72. The lowest BCUT2D eigenvalue weighted by Gasteiger charge is -2.25. The van der Waals surface area contributed by atoms with E-state index in [-0.39, 0.29) is 12.7 Å². The number of hydrogen-bond acceptors (Lipinski definition) is 4. The lowest BCUT2D eigenvalue weighted by Crippen LogP contribution is -2.42. The first kappa shape index (κ1) is 11.9. The van der Waals surface area contributed by atoms with Crippen LogP contribution in [-0.4, -0.2) is 60.0 Å². The van der Waals surface area contributed by atoms with Crippen molar-refractivity contribution in [1.29, 1.82) is 0 Å². The first-order valence-electron chi connectivity index (χ1n) is 5.47. The van der Waals surface area contributed by atoms with Crippen molar-refractivity contribution < 1.29 is 10.2 Å². The lowest BCUT2D eigenvalue weighted by molar-refractivity contribution is 0.106. The number of nitrogens with zero attached hydrogens (tertiary/aromatic N) is 1. The zero-order valence-electron chi connectivity index (χ0n) is 8.95. The number of nitrogens with one attached hydrogen (secondary N) is 1. The minimum atomic E-state index is -0.317. The molecule has 1 aliphatic rings. The van der Waals surface area contributed by atoms with Crippen LogP contribution in [0.3, 0.4) is 0 Å². The van der Waals surface area contributed by atoms with Crippen molar-refractivity contribution in [2.45, 2.75) is 31.9 Å². The van der Waals surface area contributed by atoms with E-state index in [0.29, 0.717) is 19.1 Å². The fraction of sp³-hybridized carbons (Fsp3) is 1.00. The normalized spacial score (nSPS) is 24.4. The Bertz CT molecular complexity index is 147. The SMILES string of the molecule is C[C@H](O)CN(CCO)CC1CCCN1. The van der Waals surface area contributed by atoms with Crippen LogP contribution in [0.1, 0.15) is 19.8 Å². The van der Waals surface area contributed by atoms with Crippen molar-refractivity contribution in [3.63, 3.8) is 0 Å². The first-order valence-corrected chi connectivity index (χ1v) is 5.47. The van der Waals surface area contributed by atoms with Gasteiger partial charge in [0.2, 0.25) is 0 Å². The predicted molar refractivity (Wildman–Crippen MR) is 56.2 cm³/mol. The Hall–Kier alpha value is -0.160. The van der Waals surface area contributed by atoms with E-state index in [1.54, 1.807) is 6.92 Å². The molecule has 1 unspecified atom stereocenters. The summed E-state index contributed by atoms with van der Waals surface area (Å²) < 4.78 is 0. The van der Waals surface area contributed by atoms with Gasteiger partial charge in [0.15, 0.2) is 0 Å². The van der Waals surface area contributed by atoms with Crippen molar-refractivity contribution >= 4 is 0 Å². The van der Waals surface area contributed by atoms with E-state index in [1.807, 2.05) is 0 Å². The highest BCUT2D eigenvalue weighted by Gasteiger charge is 2.18. The van der Waals surface area contributed by atoms with Gasteiger partial charge in [0.25, 0.3) is 0 Å². The van der Waals surface area contributed by atoms with Gasteiger partial charge in [0.05, 0.1) is 12.7 Å². The fourth-order valence-electron chi connectivity index (χ4n) is 2.00. The van der Waals surface area contributed by atoms with Gasteiger partial charge in [-0.2, -0.15) is 0 Å². The molecule has 0 aromatic rings. The molecule has 0 radical (unpaired) electrons. The summed E-state index contributed by atoms with van der Waals surface area (Å²) in [5, 5.41) is 21.6. The maximum Gasteiger partial charge on any atom is 0.0639 e. The van der Waals surface area contributed by atoms with Crippen LogP contribution in [-0.2, 0) is 0 Å². The third kappa shape index (κ3) is 4.37. The molecule has 0 aliphatic carbocycles. The summed E-state index contributed by atoms with van der Waals surface area (Å²) in [4.78, 5) is 2.12. The van der Waals surface area contributed by atoms with E-state index < -0.39 is 0 Å². The van der Waals surface area contributed by atoms with Gasteiger partial charge in [0, 0.05) is 25.7 Å². The molecule has 4 nitrogen and oxygen atoms in total. The molecule has 4 heteroatoms. The van der Waals surface area contributed by atoms with Crippen LogP contribution in [0.4, 0.5) is 0 Å². The smallest absolute Gasteiger partial charge is 0.0639 e. The Balaban J connectivity index is 2.25. The zero-order valence-corrected chi connectivity index (χ0v) is 8.95. The molecule has 0 aromatic carbocycles. The van der Waals surface area contributed by atoms with Crippen molar-refractivity contribution in [2.75, 3.05) is 32.8 Å². The molecule has 1 heterocycles. The Morgan fingerprint density at radius 2 is 2.36 bits per heavy atom. The van der Waals surface area contributed by atoms with E-state index in [0.717, 1.165) is 13.1 Å². The Labute approximate surface area is 85.9 Å². The van der Waals surface area contributed by atoms with Gasteiger partial charge in [0.1, 0.15) is 0 Å². The van der Waals surface area contributed by atoms with Gasteiger partial charge in [-0.25, -0.2) is 0 Å². The van der Waals surface area contributed by atoms with Crippen LogP contribution in [0, 0.1) is 0 Å². The van der Waals surface area contributed by atoms with Crippen LogP contribution in [0.2, 0.25) is 0 Å². The molecular weight excluding hydrogens is 180 g/mol. The van der Waals surface area contributed by atoms with Crippen molar-refractivity contribution in [1.82, 2.24) is 10.2 Å². The minimum Gasteiger partial charge on any atom is -0.395 e. The van der Waals surface area contributed by atoms with E-state index in [2.05, 4.69) is 10.2 Å². The summed E-state index contributed by atoms with van der Waals surface area (Å²) in [6, 6.07) is 0.542. The van der Waals surface area contributed by atoms with Crippen molar-refractivity contribution in [2.24, 2.45) is 0 Å². The molecule has 1 fully saturated rings. The van der Waals surface area contributed by atoms with Crippen LogP contribution < -0.4 is 5.32 Å². The summed E-state index contributed by atoms with van der Waals surface area (Å²) in [5.41, 5.74) is 0. The highest BCUT2D eigenvalue weighted by Crippen LogP contribution is 2.07. The van der Waals surface area contributed by atoms with Crippen LogP contribution >= 0.6 is 0 Å². The van der Waals surface area contributed by atoms with Gasteiger partial charge in [-0.05, 0) is 26.3 Å². The number of hydrogen-bond donors (Lipinski definition) is 3. The molecule has 0 bridgehead atoms. The van der Waals surface area contributed by atoms with Gasteiger partial charge < -0.3 is 15.5 Å². The van der Waals surface area contributed by atoms with E-state index in [9.17, 15) is 5.11 Å². The average molecular weight is 202 g/mol. The molecule has 14 heavy (non-hydrogen) atoms. The molecule has 1 rings (SSSR count). The summed E-state index contributed by atoms with van der Waals surface area (Å²) in [5.74, 6) is 0. The largest absolute Gasteiger partial charge is 0.395 e.